The molecule has 0 aromatic heterocycles. The summed E-state index contributed by atoms with van der Waals surface area (Å²) in [5, 5.41) is 2.22. The van der Waals surface area contributed by atoms with E-state index in [1.165, 1.54) is 11.1 Å². The van der Waals surface area contributed by atoms with Crippen molar-refractivity contribution in [3.05, 3.63) is 35.4 Å². The minimum atomic E-state index is 1.11. The Balaban J connectivity index is 2.58. The number of rotatable bonds is 4. The molecule has 0 amide bonds. The number of benzene rings is 1. The van der Waals surface area contributed by atoms with Gasteiger partial charge in [-0.1, -0.05) is 0 Å². The summed E-state index contributed by atoms with van der Waals surface area (Å²) in [6.45, 7) is 0. The molecule has 0 N–H and O–H groups in total. The molecule has 0 saturated heterocycles. The van der Waals surface area contributed by atoms with Crippen molar-refractivity contribution >= 4 is 32.0 Å². The van der Waals surface area contributed by atoms with Crippen LogP contribution in [0.1, 0.15) is 11.1 Å². The van der Waals surface area contributed by atoms with E-state index < -0.39 is 0 Å². The molecule has 2 heteroatoms. The fourth-order valence-electron chi connectivity index (χ4n) is 1.11. The summed E-state index contributed by atoms with van der Waals surface area (Å²) in [5.74, 6) is 0. The summed E-state index contributed by atoms with van der Waals surface area (Å²) in [4.78, 5) is 0. The first-order valence-corrected chi connectivity index (χ1v) is 6.53. The van der Waals surface area contributed by atoms with Crippen LogP contribution in [0.2, 0.25) is 10.6 Å². The third-order valence-corrected chi connectivity index (χ3v) is 2.66. The second-order valence-electron chi connectivity index (χ2n) is 2.72. The Labute approximate surface area is 90.8 Å². The van der Waals surface area contributed by atoms with Crippen LogP contribution in [-0.4, -0.2) is 32.0 Å². The quantitative estimate of drug-likeness (QED) is 0.744. The summed E-state index contributed by atoms with van der Waals surface area (Å²) in [6, 6.07) is 8.90. The fourth-order valence-corrected chi connectivity index (χ4v) is 2.10. The first-order valence-electron chi connectivity index (χ1n) is 4.11. The molecule has 1 aromatic rings. The molecule has 0 fully saturated rings. The summed E-state index contributed by atoms with van der Waals surface area (Å²) in [6.07, 6.45) is 2.30. The predicted molar refractivity (Wildman–Crippen MR) is 55.0 cm³/mol. The second kappa shape index (κ2) is 5.83. The van der Waals surface area contributed by atoms with Gasteiger partial charge in [-0.05, 0) is 0 Å². The van der Waals surface area contributed by atoms with E-state index in [1.807, 2.05) is 0 Å². The van der Waals surface area contributed by atoms with Gasteiger partial charge in [0.25, 0.3) is 0 Å². The number of aryl methyl sites for hydroxylation is 2. The third-order valence-electron chi connectivity index (χ3n) is 1.80. The molecular formula is C10H12Se2. The van der Waals surface area contributed by atoms with E-state index in [2.05, 4.69) is 56.3 Å². The molecule has 1 rings (SSSR count). The molecule has 2 radical (unpaired) electrons. The topological polar surface area (TPSA) is 0 Å². The molecule has 0 atom stereocenters. The normalized spacial score (nSPS) is 10.2. The maximum atomic E-state index is 3.03. The Morgan fingerprint density at radius 3 is 1.33 bits per heavy atom. The number of hydrogen-bond acceptors (Lipinski definition) is 0. The average molecular weight is 290 g/mol. The third kappa shape index (κ3) is 3.33. The van der Waals surface area contributed by atoms with Gasteiger partial charge in [-0.3, -0.25) is 0 Å². The Bertz CT molecular complexity index is 191. The van der Waals surface area contributed by atoms with Crippen LogP contribution in [0.15, 0.2) is 24.3 Å². The van der Waals surface area contributed by atoms with Crippen molar-refractivity contribution in [2.45, 2.75) is 23.5 Å². The van der Waals surface area contributed by atoms with Gasteiger partial charge in [-0.25, -0.2) is 0 Å². The van der Waals surface area contributed by atoms with Gasteiger partial charge in [0.2, 0.25) is 0 Å². The van der Waals surface area contributed by atoms with E-state index in [0.717, 1.165) is 23.5 Å². The van der Waals surface area contributed by atoms with Crippen molar-refractivity contribution in [2.24, 2.45) is 0 Å². The summed E-state index contributed by atoms with van der Waals surface area (Å²) >= 11 is 6.05. The Morgan fingerprint density at radius 2 is 1.08 bits per heavy atom. The fraction of sp³-hybridized carbons (Fsp3) is 0.400. The molecule has 0 saturated carbocycles. The molecular weight excluding hydrogens is 278 g/mol. The average Bonchev–Trinajstić information content (AvgIpc) is 2.09. The van der Waals surface area contributed by atoms with Gasteiger partial charge >= 0.3 is 90.9 Å². The first kappa shape index (κ1) is 10.3. The van der Waals surface area contributed by atoms with Crippen LogP contribution in [0.3, 0.4) is 0 Å². The van der Waals surface area contributed by atoms with Gasteiger partial charge in [0.05, 0.1) is 0 Å². The van der Waals surface area contributed by atoms with Gasteiger partial charge < -0.3 is 0 Å². The minimum absolute atomic E-state index is 1.11. The van der Waals surface area contributed by atoms with E-state index in [0.29, 0.717) is 0 Å². The van der Waals surface area contributed by atoms with Crippen molar-refractivity contribution in [1.82, 2.24) is 0 Å². The molecule has 64 valence electrons. The SMILES string of the molecule is [Se]CCc1ccc(CC[Se])cc1. The molecule has 0 spiro atoms. The van der Waals surface area contributed by atoms with Gasteiger partial charge in [0, 0.05) is 0 Å². The van der Waals surface area contributed by atoms with Crippen LogP contribution in [0.4, 0.5) is 0 Å². The summed E-state index contributed by atoms with van der Waals surface area (Å²) < 4.78 is 0. The van der Waals surface area contributed by atoms with Crippen LogP contribution in [0.5, 0.6) is 0 Å². The van der Waals surface area contributed by atoms with Crippen LogP contribution >= 0.6 is 0 Å². The van der Waals surface area contributed by atoms with Gasteiger partial charge in [-0.15, -0.1) is 0 Å². The van der Waals surface area contributed by atoms with Gasteiger partial charge in [-0.2, -0.15) is 0 Å². The maximum absolute atomic E-state index is 3.03. The first-order chi connectivity index (χ1) is 5.86. The van der Waals surface area contributed by atoms with Crippen LogP contribution in [-0.2, 0) is 12.8 Å². The molecule has 0 aliphatic carbocycles. The molecule has 0 unspecified atom stereocenters. The predicted octanol–water partition coefficient (Wildman–Crippen LogP) is 1.95. The van der Waals surface area contributed by atoms with E-state index >= 15 is 0 Å². The standard InChI is InChI=1S/C10H12Se2/c11-7-5-9-1-2-10(4-3-9)6-8-12/h1-4H,5-8H2. The Morgan fingerprint density at radius 1 is 0.750 bits per heavy atom. The van der Waals surface area contributed by atoms with Crippen LogP contribution in [0.25, 0.3) is 0 Å². The Kier molecular flexibility index (Phi) is 5.02. The molecule has 0 heterocycles. The van der Waals surface area contributed by atoms with Gasteiger partial charge in [0.15, 0.2) is 0 Å². The Hall–Kier alpha value is 0.259. The van der Waals surface area contributed by atoms with E-state index in [1.54, 1.807) is 0 Å². The molecule has 0 bridgehead atoms. The number of hydrogen-bond donors (Lipinski definition) is 0. The van der Waals surface area contributed by atoms with E-state index in [4.69, 9.17) is 0 Å². The van der Waals surface area contributed by atoms with Crippen LogP contribution < -0.4 is 0 Å². The summed E-state index contributed by atoms with van der Waals surface area (Å²) in [7, 11) is 0. The van der Waals surface area contributed by atoms with Crippen molar-refractivity contribution in [2.75, 3.05) is 0 Å². The second-order valence-corrected chi connectivity index (χ2v) is 4.44. The van der Waals surface area contributed by atoms with E-state index in [9.17, 15) is 0 Å². The monoisotopic (exact) mass is 292 g/mol. The van der Waals surface area contributed by atoms with Crippen molar-refractivity contribution in [1.29, 1.82) is 0 Å². The van der Waals surface area contributed by atoms with E-state index in [-0.39, 0.29) is 0 Å². The van der Waals surface area contributed by atoms with Crippen molar-refractivity contribution < 1.29 is 0 Å². The van der Waals surface area contributed by atoms with Gasteiger partial charge in [0.1, 0.15) is 0 Å². The molecule has 0 nitrogen and oxygen atoms in total. The molecule has 0 aliphatic heterocycles. The zero-order valence-corrected chi connectivity index (χ0v) is 10.4. The molecule has 0 aliphatic rings. The zero-order valence-electron chi connectivity index (χ0n) is 6.95. The molecule has 1 aromatic carbocycles. The molecule has 12 heavy (non-hydrogen) atoms. The van der Waals surface area contributed by atoms with Crippen molar-refractivity contribution in [3.63, 3.8) is 0 Å². The van der Waals surface area contributed by atoms with Crippen LogP contribution in [0, 0.1) is 0 Å². The summed E-state index contributed by atoms with van der Waals surface area (Å²) in [5.41, 5.74) is 2.86. The van der Waals surface area contributed by atoms with Crippen molar-refractivity contribution in [3.8, 4) is 0 Å². The zero-order chi connectivity index (χ0) is 8.81.